The molecule has 2 aromatic heterocycles. The highest BCUT2D eigenvalue weighted by atomic mass is 35.5. The van der Waals surface area contributed by atoms with Gasteiger partial charge in [0.05, 0.1) is 35.5 Å². The lowest BCUT2D eigenvalue weighted by Gasteiger charge is -2.24. The molecule has 3 N–H and O–H groups in total. The second-order valence-electron chi connectivity index (χ2n) is 9.75. The van der Waals surface area contributed by atoms with Crippen LogP contribution in [0.2, 0.25) is 5.02 Å². The number of methoxy groups -OCH3 is 1. The number of aromatic amines is 1. The lowest BCUT2D eigenvalue weighted by molar-refractivity contribution is 0.271. The van der Waals surface area contributed by atoms with E-state index in [0.717, 1.165) is 41.5 Å². The quantitative estimate of drug-likeness (QED) is 0.258. The number of aryl methyl sites for hydroxylation is 2. The molecule has 0 bridgehead atoms. The number of ether oxygens (including phenoxy) is 2. The van der Waals surface area contributed by atoms with Crippen LogP contribution in [-0.2, 0) is 0 Å². The molecule has 198 valence electrons. The molecule has 9 heteroatoms. The van der Waals surface area contributed by atoms with E-state index in [1.165, 1.54) is 20.0 Å². The minimum Gasteiger partial charge on any atom is -0.492 e. The van der Waals surface area contributed by atoms with Crippen molar-refractivity contribution in [3.63, 3.8) is 0 Å². The SMILES string of the molecule is COc1nccc(Nc2cc3c(OCC[C@@H]4CCCCN4)c(-c4cc(C)cc(C)c4)c(=O)[nH]c3cc2Cl)n1. The predicted molar refractivity (Wildman–Crippen MR) is 152 cm³/mol. The van der Waals surface area contributed by atoms with E-state index in [2.05, 4.69) is 31.7 Å². The number of rotatable bonds is 8. The number of hydrogen-bond donors (Lipinski definition) is 3. The largest absolute Gasteiger partial charge is 0.492 e. The minimum atomic E-state index is -0.217. The molecule has 1 fully saturated rings. The number of halogens is 1. The summed E-state index contributed by atoms with van der Waals surface area (Å²) in [6.07, 6.45) is 6.03. The standard InChI is InChI=1S/C29H32ClN5O3/c1-17-12-18(2)14-19(13-17)26-27(38-11-8-20-6-4-5-9-31-20)21-15-24(22(30)16-23(21)34-28(26)36)33-25-7-10-32-29(35-25)37-3/h7,10,12-16,20,31H,4-6,8-9,11H2,1-3H3,(H,34,36)(H,32,33,35)/t20-/m0/s1. The second-order valence-corrected chi connectivity index (χ2v) is 10.2. The van der Waals surface area contributed by atoms with Crippen LogP contribution in [0.5, 0.6) is 11.8 Å². The molecule has 0 unspecified atom stereocenters. The van der Waals surface area contributed by atoms with Gasteiger partial charge in [-0.15, -0.1) is 0 Å². The minimum absolute atomic E-state index is 0.217. The first-order chi connectivity index (χ1) is 18.4. The Morgan fingerprint density at radius 1 is 1.13 bits per heavy atom. The van der Waals surface area contributed by atoms with Gasteiger partial charge in [-0.25, -0.2) is 4.98 Å². The number of fused-ring (bicyclic) bond motifs is 1. The third-order valence-electron chi connectivity index (χ3n) is 6.77. The van der Waals surface area contributed by atoms with Crippen LogP contribution in [0.15, 0.2) is 47.4 Å². The normalized spacial score (nSPS) is 15.4. The monoisotopic (exact) mass is 533 g/mol. The Labute approximate surface area is 226 Å². The van der Waals surface area contributed by atoms with E-state index in [1.54, 1.807) is 18.3 Å². The average Bonchev–Trinajstić information content (AvgIpc) is 2.89. The van der Waals surface area contributed by atoms with Gasteiger partial charge in [-0.3, -0.25) is 4.79 Å². The highest BCUT2D eigenvalue weighted by Gasteiger charge is 2.20. The maximum atomic E-state index is 13.5. The fourth-order valence-corrected chi connectivity index (χ4v) is 5.25. The molecule has 1 atom stereocenters. The third kappa shape index (κ3) is 5.76. The first-order valence-corrected chi connectivity index (χ1v) is 13.3. The zero-order valence-corrected chi connectivity index (χ0v) is 22.6. The number of aromatic nitrogens is 3. The van der Waals surface area contributed by atoms with Crippen molar-refractivity contribution in [3.05, 3.63) is 69.1 Å². The summed E-state index contributed by atoms with van der Waals surface area (Å²) < 4.78 is 11.6. The van der Waals surface area contributed by atoms with Crippen molar-refractivity contribution in [2.45, 2.75) is 45.6 Å². The summed E-state index contributed by atoms with van der Waals surface area (Å²) in [6, 6.07) is 12.1. The summed E-state index contributed by atoms with van der Waals surface area (Å²) in [5.74, 6) is 1.08. The molecule has 0 radical (unpaired) electrons. The number of nitrogens with one attached hydrogen (secondary N) is 3. The Bertz CT molecular complexity index is 1490. The Balaban J connectivity index is 1.60. The summed E-state index contributed by atoms with van der Waals surface area (Å²) in [6.45, 7) is 5.58. The van der Waals surface area contributed by atoms with Gasteiger partial charge in [-0.1, -0.05) is 47.3 Å². The van der Waals surface area contributed by atoms with Crippen LogP contribution in [0.25, 0.3) is 22.0 Å². The summed E-state index contributed by atoms with van der Waals surface area (Å²) in [7, 11) is 1.51. The van der Waals surface area contributed by atoms with Gasteiger partial charge in [-0.2, -0.15) is 4.98 Å². The predicted octanol–water partition coefficient (Wildman–Crippen LogP) is 5.92. The van der Waals surface area contributed by atoms with Gasteiger partial charge in [0, 0.05) is 17.6 Å². The van der Waals surface area contributed by atoms with Gasteiger partial charge < -0.3 is 25.1 Å². The average molecular weight is 534 g/mol. The zero-order valence-electron chi connectivity index (χ0n) is 21.9. The van der Waals surface area contributed by atoms with E-state index in [1.807, 2.05) is 32.0 Å². The molecule has 1 aliphatic heterocycles. The van der Waals surface area contributed by atoms with E-state index in [0.29, 0.717) is 46.0 Å². The smallest absolute Gasteiger partial charge is 0.318 e. The van der Waals surface area contributed by atoms with Crippen molar-refractivity contribution in [1.82, 2.24) is 20.3 Å². The topological polar surface area (TPSA) is 101 Å². The highest BCUT2D eigenvalue weighted by Crippen LogP contribution is 2.38. The van der Waals surface area contributed by atoms with Crippen LogP contribution in [-0.4, -0.2) is 41.3 Å². The summed E-state index contributed by atoms with van der Waals surface area (Å²) in [4.78, 5) is 24.9. The van der Waals surface area contributed by atoms with Gasteiger partial charge in [0.1, 0.15) is 11.6 Å². The number of pyridine rings is 1. The van der Waals surface area contributed by atoms with Crippen molar-refractivity contribution in [2.24, 2.45) is 0 Å². The summed E-state index contributed by atoms with van der Waals surface area (Å²) in [5, 5.41) is 8.00. The first-order valence-electron chi connectivity index (χ1n) is 12.9. The van der Waals surface area contributed by atoms with Gasteiger partial charge >= 0.3 is 6.01 Å². The molecule has 5 rings (SSSR count). The van der Waals surface area contributed by atoms with E-state index in [-0.39, 0.29) is 11.6 Å². The van der Waals surface area contributed by atoms with Crippen LogP contribution in [0.1, 0.15) is 36.8 Å². The zero-order chi connectivity index (χ0) is 26.6. The highest BCUT2D eigenvalue weighted by molar-refractivity contribution is 6.34. The van der Waals surface area contributed by atoms with Crippen LogP contribution >= 0.6 is 11.6 Å². The molecule has 4 aromatic rings. The molecule has 0 amide bonds. The van der Waals surface area contributed by atoms with Crippen molar-refractivity contribution >= 4 is 34.0 Å². The summed E-state index contributed by atoms with van der Waals surface area (Å²) in [5.41, 5.74) is 4.49. The lowest BCUT2D eigenvalue weighted by Crippen LogP contribution is -2.35. The molecule has 0 saturated carbocycles. The Morgan fingerprint density at radius 3 is 2.68 bits per heavy atom. The molecule has 2 aromatic carbocycles. The number of benzene rings is 2. The number of anilines is 2. The van der Waals surface area contributed by atoms with Crippen LogP contribution < -0.4 is 25.7 Å². The van der Waals surface area contributed by atoms with Crippen LogP contribution in [0.3, 0.4) is 0 Å². The third-order valence-corrected chi connectivity index (χ3v) is 7.08. The van der Waals surface area contributed by atoms with Crippen molar-refractivity contribution < 1.29 is 9.47 Å². The Morgan fingerprint density at radius 2 is 1.95 bits per heavy atom. The molecular formula is C29H32ClN5O3. The van der Waals surface area contributed by atoms with E-state index in [9.17, 15) is 4.79 Å². The summed E-state index contributed by atoms with van der Waals surface area (Å²) >= 11 is 6.63. The Kier molecular flexibility index (Phi) is 7.81. The van der Waals surface area contributed by atoms with Crippen molar-refractivity contribution in [1.29, 1.82) is 0 Å². The van der Waals surface area contributed by atoms with Gasteiger partial charge in [0.25, 0.3) is 5.56 Å². The van der Waals surface area contributed by atoms with Gasteiger partial charge in [0.2, 0.25) is 0 Å². The maximum Gasteiger partial charge on any atom is 0.318 e. The van der Waals surface area contributed by atoms with E-state index < -0.39 is 0 Å². The maximum absolute atomic E-state index is 13.5. The van der Waals surface area contributed by atoms with Crippen LogP contribution in [0.4, 0.5) is 11.5 Å². The fourth-order valence-electron chi connectivity index (χ4n) is 5.03. The lowest BCUT2D eigenvalue weighted by atomic mass is 9.99. The number of nitrogens with zero attached hydrogens (tertiary/aromatic N) is 2. The van der Waals surface area contributed by atoms with Crippen molar-refractivity contribution in [3.8, 4) is 22.9 Å². The molecular weight excluding hydrogens is 502 g/mol. The van der Waals surface area contributed by atoms with Gasteiger partial charge in [-0.05, 0) is 63.4 Å². The molecule has 3 heterocycles. The molecule has 38 heavy (non-hydrogen) atoms. The second kappa shape index (κ2) is 11.4. The fraction of sp³-hybridized carbons (Fsp3) is 0.345. The molecule has 1 saturated heterocycles. The Hall–Kier alpha value is -3.62. The molecule has 0 spiro atoms. The van der Waals surface area contributed by atoms with Crippen LogP contribution in [0, 0.1) is 13.8 Å². The van der Waals surface area contributed by atoms with Gasteiger partial charge in [0.15, 0.2) is 0 Å². The first kappa shape index (κ1) is 26.0. The van der Waals surface area contributed by atoms with E-state index in [4.69, 9.17) is 21.1 Å². The molecule has 0 aliphatic carbocycles. The number of hydrogen-bond acceptors (Lipinski definition) is 7. The number of piperidine rings is 1. The molecule has 1 aliphatic rings. The van der Waals surface area contributed by atoms with E-state index >= 15 is 0 Å². The number of H-pyrrole nitrogens is 1. The molecule has 8 nitrogen and oxygen atoms in total. The van der Waals surface area contributed by atoms with Crippen molar-refractivity contribution in [2.75, 3.05) is 25.6 Å².